The summed E-state index contributed by atoms with van der Waals surface area (Å²) in [5, 5.41) is 9.90. The average Bonchev–Trinajstić information content (AvgIpc) is 2.40. The molecule has 0 heterocycles. The first kappa shape index (κ1) is 12.6. The number of benzene rings is 2. The highest BCUT2D eigenvalue weighted by atomic mass is 19.1. The number of ether oxygens (including phenoxy) is 1. The van der Waals surface area contributed by atoms with Crippen molar-refractivity contribution in [1.29, 1.82) is 0 Å². The summed E-state index contributed by atoms with van der Waals surface area (Å²) in [6, 6.07) is 15.4. The summed E-state index contributed by atoms with van der Waals surface area (Å²) in [7, 11) is 0. The number of aliphatic hydroxyl groups is 1. The molecule has 2 nitrogen and oxygen atoms in total. The van der Waals surface area contributed by atoms with Crippen LogP contribution in [0, 0.1) is 5.82 Å². The smallest absolute Gasteiger partial charge is 0.126 e. The average molecular weight is 246 g/mol. The van der Waals surface area contributed by atoms with Gasteiger partial charge < -0.3 is 9.84 Å². The largest absolute Gasteiger partial charge is 0.493 e. The predicted octanol–water partition coefficient (Wildman–Crippen LogP) is 3.33. The van der Waals surface area contributed by atoms with Crippen molar-refractivity contribution in [3.63, 3.8) is 0 Å². The Morgan fingerprint density at radius 2 is 1.83 bits per heavy atom. The van der Waals surface area contributed by atoms with Crippen LogP contribution in [-0.2, 0) is 0 Å². The van der Waals surface area contributed by atoms with Crippen molar-refractivity contribution < 1.29 is 14.2 Å². The van der Waals surface area contributed by atoms with Crippen LogP contribution < -0.4 is 4.74 Å². The topological polar surface area (TPSA) is 29.5 Å². The Labute approximate surface area is 106 Å². The molecule has 0 radical (unpaired) electrons. The van der Waals surface area contributed by atoms with Gasteiger partial charge in [0.25, 0.3) is 0 Å². The zero-order valence-electron chi connectivity index (χ0n) is 9.92. The quantitative estimate of drug-likeness (QED) is 0.876. The van der Waals surface area contributed by atoms with Crippen molar-refractivity contribution in [1.82, 2.24) is 0 Å². The molecule has 18 heavy (non-hydrogen) atoms. The van der Waals surface area contributed by atoms with E-state index in [1.807, 2.05) is 30.3 Å². The van der Waals surface area contributed by atoms with E-state index in [2.05, 4.69) is 0 Å². The van der Waals surface area contributed by atoms with Crippen LogP contribution in [0.5, 0.6) is 5.75 Å². The summed E-state index contributed by atoms with van der Waals surface area (Å²) >= 11 is 0. The van der Waals surface area contributed by atoms with Gasteiger partial charge in [0.15, 0.2) is 0 Å². The van der Waals surface area contributed by atoms with E-state index in [1.54, 1.807) is 12.1 Å². The van der Waals surface area contributed by atoms with E-state index in [1.165, 1.54) is 12.1 Å². The Hall–Kier alpha value is -1.87. The van der Waals surface area contributed by atoms with Crippen LogP contribution in [-0.4, -0.2) is 11.7 Å². The van der Waals surface area contributed by atoms with Gasteiger partial charge in [0.2, 0.25) is 0 Å². The maximum Gasteiger partial charge on any atom is 0.126 e. The second kappa shape index (κ2) is 6.17. The summed E-state index contributed by atoms with van der Waals surface area (Å²) in [5.41, 5.74) is 0.861. The third-order valence-electron chi connectivity index (χ3n) is 2.64. The number of hydrogen-bond donors (Lipinski definition) is 1. The summed E-state index contributed by atoms with van der Waals surface area (Å²) in [6.07, 6.45) is -0.0830. The highest BCUT2D eigenvalue weighted by Crippen LogP contribution is 2.17. The molecule has 0 amide bonds. The van der Waals surface area contributed by atoms with E-state index in [9.17, 15) is 9.50 Å². The summed E-state index contributed by atoms with van der Waals surface area (Å²) < 4.78 is 18.3. The molecule has 2 rings (SSSR count). The number of hydrogen-bond acceptors (Lipinski definition) is 2. The Morgan fingerprint density at radius 1 is 1.06 bits per heavy atom. The predicted molar refractivity (Wildman–Crippen MR) is 67.9 cm³/mol. The zero-order chi connectivity index (χ0) is 12.8. The van der Waals surface area contributed by atoms with Gasteiger partial charge in [0, 0.05) is 12.5 Å². The van der Waals surface area contributed by atoms with E-state index in [0.717, 1.165) is 5.56 Å². The molecule has 1 N–H and O–H groups in total. The first-order valence-electron chi connectivity index (χ1n) is 5.87. The number of aliphatic hydroxyl groups excluding tert-OH is 1. The fraction of sp³-hybridized carbons (Fsp3) is 0.200. The molecule has 0 aliphatic heterocycles. The lowest BCUT2D eigenvalue weighted by Crippen LogP contribution is -2.05. The van der Waals surface area contributed by atoms with Gasteiger partial charge in [0.1, 0.15) is 11.6 Å². The highest BCUT2D eigenvalue weighted by molar-refractivity contribution is 5.22. The summed E-state index contributed by atoms with van der Waals surface area (Å²) in [4.78, 5) is 0. The molecule has 0 spiro atoms. The minimum atomic E-state index is -0.556. The van der Waals surface area contributed by atoms with E-state index in [0.29, 0.717) is 18.8 Å². The van der Waals surface area contributed by atoms with Gasteiger partial charge >= 0.3 is 0 Å². The van der Waals surface area contributed by atoms with Crippen LogP contribution in [0.4, 0.5) is 4.39 Å². The third kappa shape index (κ3) is 3.57. The fourth-order valence-corrected chi connectivity index (χ4v) is 1.69. The van der Waals surface area contributed by atoms with E-state index >= 15 is 0 Å². The van der Waals surface area contributed by atoms with Crippen LogP contribution in [0.1, 0.15) is 18.1 Å². The lowest BCUT2D eigenvalue weighted by molar-refractivity contribution is 0.140. The van der Waals surface area contributed by atoms with Gasteiger partial charge in [-0.25, -0.2) is 4.39 Å². The van der Waals surface area contributed by atoms with Crippen LogP contribution >= 0.6 is 0 Å². The molecular weight excluding hydrogens is 231 g/mol. The molecule has 0 unspecified atom stereocenters. The molecule has 2 aromatic rings. The molecule has 1 atom stereocenters. The molecular formula is C15H15FO2. The summed E-state index contributed by atoms with van der Waals surface area (Å²) in [5.74, 6) is 0.159. The Morgan fingerprint density at radius 3 is 2.56 bits per heavy atom. The molecule has 2 aromatic carbocycles. The number of halogens is 1. The molecule has 0 bridgehead atoms. The minimum absolute atomic E-state index is 0.323. The van der Waals surface area contributed by atoms with Gasteiger partial charge in [-0.2, -0.15) is 0 Å². The van der Waals surface area contributed by atoms with Crippen LogP contribution in [0.25, 0.3) is 0 Å². The van der Waals surface area contributed by atoms with Crippen molar-refractivity contribution >= 4 is 0 Å². The SMILES string of the molecule is O[C@H](CCOc1cccc(F)c1)c1ccccc1. The van der Waals surface area contributed by atoms with Crippen molar-refractivity contribution in [2.45, 2.75) is 12.5 Å². The van der Waals surface area contributed by atoms with Gasteiger partial charge in [-0.05, 0) is 17.7 Å². The molecule has 0 saturated carbocycles. The van der Waals surface area contributed by atoms with Gasteiger partial charge in [-0.3, -0.25) is 0 Å². The van der Waals surface area contributed by atoms with Crippen molar-refractivity contribution in [2.75, 3.05) is 6.61 Å². The first-order valence-corrected chi connectivity index (χ1v) is 5.87. The number of rotatable bonds is 5. The zero-order valence-corrected chi connectivity index (χ0v) is 9.92. The molecule has 0 aromatic heterocycles. The normalized spacial score (nSPS) is 12.1. The summed E-state index contributed by atoms with van der Waals surface area (Å²) in [6.45, 7) is 0.347. The highest BCUT2D eigenvalue weighted by Gasteiger charge is 2.06. The Kier molecular flexibility index (Phi) is 4.31. The van der Waals surface area contributed by atoms with Crippen LogP contribution in [0.3, 0.4) is 0 Å². The minimum Gasteiger partial charge on any atom is -0.493 e. The molecule has 3 heteroatoms. The third-order valence-corrected chi connectivity index (χ3v) is 2.64. The van der Waals surface area contributed by atoms with Gasteiger partial charge in [0.05, 0.1) is 12.7 Å². The maximum atomic E-state index is 12.9. The lowest BCUT2D eigenvalue weighted by atomic mass is 10.1. The second-order valence-electron chi connectivity index (χ2n) is 4.02. The Balaban J connectivity index is 1.82. The molecule has 0 fully saturated rings. The van der Waals surface area contributed by atoms with E-state index < -0.39 is 6.10 Å². The van der Waals surface area contributed by atoms with Crippen molar-refractivity contribution in [3.05, 3.63) is 66.0 Å². The second-order valence-corrected chi connectivity index (χ2v) is 4.02. The fourth-order valence-electron chi connectivity index (χ4n) is 1.69. The van der Waals surface area contributed by atoms with Gasteiger partial charge in [-0.15, -0.1) is 0 Å². The lowest BCUT2D eigenvalue weighted by Gasteiger charge is -2.11. The molecule has 94 valence electrons. The van der Waals surface area contributed by atoms with Crippen LogP contribution in [0.2, 0.25) is 0 Å². The molecule has 0 saturated heterocycles. The molecule has 0 aliphatic carbocycles. The van der Waals surface area contributed by atoms with Crippen LogP contribution in [0.15, 0.2) is 54.6 Å². The van der Waals surface area contributed by atoms with Crippen molar-refractivity contribution in [3.8, 4) is 5.75 Å². The Bertz CT molecular complexity index is 485. The molecule has 0 aliphatic rings. The van der Waals surface area contributed by atoms with Crippen molar-refractivity contribution in [2.24, 2.45) is 0 Å². The van der Waals surface area contributed by atoms with Gasteiger partial charge in [-0.1, -0.05) is 36.4 Å². The monoisotopic (exact) mass is 246 g/mol. The maximum absolute atomic E-state index is 12.9. The standard InChI is InChI=1S/C15H15FO2/c16-13-7-4-8-14(11-13)18-10-9-15(17)12-5-2-1-3-6-12/h1-8,11,15,17H,9-10H2/t15-/m1/s1. The first-order chi connectivity index (χ1) is 8.75. The van der Waals surface area contributed by atoms with E-state index in [4.69, 9.17) is 4.74 Å². The van der Waals surface area contributed by atoms with E-state index in [-0.39, 0.29) is 5.82 Å².